The van der Waals surface area contributed by atoms with E-state index in [0.29, 0.717) is 0 Å². The molecule has 0 N–H and O–H groups in total. The van der Waals surface area contributed by atoms with Crippen LogP contribution in [0.4, 0.5) is 0 Å². The Kier molecular flexibility index (Phi) is 2.65. The van der Waals surface area contributed by atoms with Crippen LogP contribution >= 0.6 is 0 Å². The lowest BCUT2D eigenvalue weighted by atomic mass is 10.0. The molecule has 0 aliphatic carbocycles. The third kappa shape index (κ3) is 1.91. The number of nitrogens with zero attached hydrogens (tertiary/aromatic N) is 1. The summed E-state index contributed by atoms with van der Waals surface area (Å²) in [6.07, 6.45) is 0. The number of hydrogen-bond donors (Lipinski definition) is 0. The monoisotopic (exact) mass is 213 g/mol. The van der Waals surface area contributed by atoms with Crippen molar-refractivity contribution in [2.75, 3.05) is 14.1 Å². The van der Waals surface area contributed by atoms with Gasteiger partial charge < -0.3 is 4.90 Å². The van der Waals surface area contributed by atoms with Crippen molar-refractivity contribution in [3.63, 3.8) is 0 Å². The second-order valence-electron chi connectivity index (χ2n) is 4.26. The predicted octanol–water partition coefficient (Wildman–Crippen LogP) is 2.85. The lowest BCUT2D eigenvalue weighted by Crippen LogP contribution is -2.21. The van der Waals surface area contributed by atoms with Crippen LogP contribution in [0.3, 0.4) is 0 Å². The molecule has 0 aliphatic heterocycles. The average Bonchev–Trinajstić information content (AvgIpc) is 2.27. The summed E-state index contributed by atoms with van der Waals surface area (Å²) in [6.45, 7) is 2.07. The van der Waals surface area contributed by atoms with E-state index in [-0.39, 0.29) is 5.91 Å². The van der Waals surface area contributed by atoms with Gasteiger partial charge in [0.15, 0.2) is 0 Å². The molecule has 0 bridgehead atoms. The fourth-order valence-electron chi connectivity index (χ4n) is 1.76. The minimum absolute atomic E-state index is 0.0440. The minimum atomic E-state index is 0.0440. The highest BCUT2D eigenvalue weighted by Crippen LogP contribution is 2.18. The summed E-state index contributed by atoms with van der Waals surface area (Å²) in [5, 5.41) is 2.29. The highest BCUT2D eigenvalue weighted by molar-refractivity contribution is 5.98. The summed E-state index contributed by atoms with van der Waals surface area (Å²) in [7, 11) is 3.53. The topological polar surface area (TPSA) is 20.3 Å². The largest absolute Gasteiger partial charge is 0.345 e. The number of fused-ring (bicyclic) bond motifs is 1. The van der Waals surface area contributed by atoms with Crippen LogP contribution < -0.4 is 0 Å². The summed E-state index contributed by atoms with van der Waals surface area (Å²) in [4.78, 5) is 13.4. The molecule has 2 aromatic carbocycles. The van der Waals surface area contributed by atoms with Crippen molar-refractivity contribution in [1.29, 1.82) is 0 Å². The van der Waals surface area contributed by atoms with Crippen molar-refractivity contribution >= 4 is 16.7 Å². The minimum Gasteiger partial charge on any atom is -0.345 e. The lowest BCUT2D eigenvalue weighted by molar-refractivity contribution is 0.0828. The van der Waals surface area contributed by atoms with E-state index in [9.17, 15) is 4.79 Å². The first kappa shape index (κ1) is 10.7. The number of aryl methyl sites for hydroxylation is 1. The molecule has 0 aromatic heterocycles. The predicted molar refractivity (Wildman–Crippen MR) is 66.7 cm³/mol. The Hall–Kier alpha value is -1.83. The van der Waals surface area contributed by atoms with Gasteiger partial charge in [-0.05, 0) is 29.8 Å². The van der Waals surface area contributed by atoms with Crippen molar-refractivity contribution in [2.24, 2.45) is 0 Å². The SMILES string of the molecule is Cc1ccc2cc(C(=O)N(C)C)ccc2c1. The normalized spacial score (nSPS) is 10.4. The van der Waals surface area contributed by atoms with Gasteiger partial charge in [0, 0.05) is 19.7 Å². The molecular formula is C14H15NO. The van der Waals surface area contributed by atoms with Gasteiger partial charge in [0.1, 0.15) is 0 Å². The van der Waals surface area contributed by atoms with Gasteiger partial charge in [-0.25, -0.2) is 0 Å². The van der Waals surface area contributed by atoms with Gasteiger partial charge in [0.2, 0.25) is 0 Å². The van der Waals surface area contributed by atoms with Crippen LogP contribution in [-0.2, 0) is 0 Å². The quantitative estimate of drug-likeness (QED) is 0.713. The first-order valence-electron chi connectivity index (χ1n) is 5.30. The third-order valence-electron chi connectivity index (χ3n) is 2.65. The first-order valence-corrected chi connectivity index (χ1v) is 5.30. The number of amides is 1. The second-order valence-corrected chi connectivity index (χ2v) is 4.26. The van der Waals surface area contributed by atoms with Gasteiger partial charge >= 0.3 is 0 Å². The molecule has 0 spiro atoms. The molecule has 0 heterocycles. The zero-order valence-corrected chi connectivity index (χ0v) is 9.82. The fraction of sp³-hybridized carbons (Fsp3) is 0.214. The summed E-state index contributed by atoms with van der Waals surface area (Å²) in [5.74, 6) is 0.0440. The maximum Gasteiger partial charge on any atom is 0.253 e. The van der Waals surface area contributed by atoms with Crippen LogP contribution in [-0.4, -0.2) is 24.9 Å². The fourth-order valence-corrected chi connectivity index (χ4v) is 1.76. The van der Waals surface area contributed by atoms with Crippen LogP contribution in [0.25, 0.3) is 10.8 Å². The lowest BCUT2D eigenvalue weighted by Gasteiger charge is -2.10. The molecular weight excluding hydrogens is 198 g/mol. The molecule has 2 heteroatoms. The molecule has 0 atom stereocenters. The zero-order chi connectivity index (χ0) is 11.7. The Labute approximate surface area is 95.5 Å². The molecule has 2 rings (SSSR count). The van der Waals surface area contributed by atoms with E-state index in [1.807, 2.05) is 18.2 Å². The smallest absolute Gasteiger partial charge is 0.253 e. The summed E-state index contributed by atoms with van der Waals surface area (Å²) in [6, 6.07) is 12.1. The van der Waals surface area contributed by atoms with E-state index >= 15 is 0 Å². The molecule has 0 fully saturated rings. The number of hydrogen-bond acceptors (Lipinski definition) is 1. The van der Waals surface area contributed by atoms with Gasteiger partial charge in [-0.15, -0.1) is 0 Å². The van der Waals surface area contributed by atoms with Crippen LogP contribution in [0.1, 0.15) is 15.9 Å². The molecule has 2 aromatic rings. The number of carbonyl (C=O) groups excluding carboxylic acids is 1. The maximum atomic E-state index is 11.8. The first-order chi connectivity index (χ1) is 7.58. The van der Waals surface area contributed by atoms with E-state index in [1.54, 1.807) is 19.0 Å². The molecule has 0 saturated carbocycles. The van der Waals surface area contributed by atoms with E-state index in [4.69, 9.17) is 0 Å². The van der Waals surface area contributed by atoms with Crippen molar-refractivity contribution in [1.82, 2.24) is 4.90 Å². The Bertz CT molecular complexity index is 543. The zero-order valence-electron chi connectivity index (χ0n) is 9.82. The Morgan fingerprint density at radius 2 is 1.62 bits per heavy atom. The molecule has 0 unspecified atom stereocenters. The van der Waals surface area contributed by atoms with Gasteiger partial charge in [-0.3, -0.25) is 4.79 Å². The van der Waals surface area contributed by atoms with Gasteiger partial charge in [0.05, 0.1) is 0 Å². The van der Waals surface area contributed by atoms with Crippen molar-refractivity contribution in [3.8, 4) is 0 Å². The molecule has 0 radical (unpaired) electrons. The molecule has 16 heavy (non-hydrogen) atoms. The van der Waals surface area contributed by atoms with Crippen molar-refractivity contribution in [2.45, 2.75) is 6.92 Å². The second kappa shape index (κ2) is 3.97. The van der Waals surface area contributed by atoms with Crippen LogP contribution in [0.5, 0.6) is 0 Å². The molecule has 0 saturated heterocycles. The van der Waals surface area contributed by atoms with Crippen molar-refractivity contribution < 1.29 is 4.79 Å². The molecule has 82 valence electrons. The Morgan fingerprint density at radius 3 is 2.31 bits per heavy atom. The Balaban J connectivity index is 2.52. The number of benzene rings is 2. The maximum absolute atomic E-state index is 11.8. The standard InChI is InChI=1S/C14H15NO/c1-10-4-5-12-9-13(14(16)15(2)3)7-6-11(12)8-10/h4-9H,1-3H3. The highest BCUT2D eigenvalue weighted by Gasteiger charge is 2.07. The summed E-state index contributed by atoms with van der Waals surface area (Å²) < 4.78 is 0. The molecule has 0 aliphatic rings. The molecule has 2 nitrogen and oxygen atoms in total. The third-order valence-corrected chi connectivity index (χ3v) is 2.65. The van der Waals surface area contributed by atoms with Crippen LogP contribution in [0, 0.1) is 6.92 Å². The van der Waals surface area contributed by atoms with Gasteiger partial charge in [-0.1, -0.05) is 29.8 Å². The average molecular weight is 213 g/mol. The van der Waals surface area contributed by atoms with Gasteiger partial charge in [0.25, 0.3) is 5.91 Å². The highest BCUT2D eigenvalue weighted by atomic mass is 16.2. The van der Waals surface area contributed by atoms with E-state index in [2.05, 4.69) is 25.1 Å². The van der Waals surface area contributed by atoms with E-state index < -0.39 is 0 Å². The Morgan fingerprint density at radius 1 is 1.00 bits per heavy atom. The molecule has 1 amide bonds. The number of rotatable bonds is 1. The number of carbonyl (C=O) groups is 1. The summed E-state index contributed by atoms with van der Waals surface area (Å²) in [5.41, 5.74) is 1.97. The van der Waals surface area contributed by atoms with Crippen molar-refractivity contribution in [3.05, 3.63) is 47.5 Å². The van der Waals surface area contributed by atoms with Crippen LogP contribution in [0.2, 0.25) is 0 Å². The van der Waals surface area contributed by atoms with Crippen LogP contribution in [0.15, 0.2) is 36.4 Å². The van der Waals surface area contributed by atoms with E-state index in [1.165, 1.54) is 10.9 Å². The van der Waals surface area contributed by atoms with Gasteiger partial charge in [-0.2, -0.15) is 0 Å². The van der Waals surface area contributed by atoms with E-state index in [0.717, 1.165) is 10.9 Å². The summed E-state index contributed by atoms with van der Waals surface area (Å²) >= 11 is 0.